The molecular weight excluding hydrogens is 417 g/mol. The molecule has 1 aliphatic heterocycles. The number of nitrogens with zero attached hydrogens (tertiary/aromatic N) is 1. The molecule has 3 aromatic rings. The Balaban J connectivity index is 1.70. The molecule has 5 atom stereocenters. The van der Waals surface area contributed by atoms with E-state index >= 15 is 0 Å². The number of hydrogen-bond donors (Lipinski definition) is 4. The summed E-state index contributed by atoms with van der Waals surface area (Å²) in [5, 5.41) is 41.2. The van der Waals surface area contributed by atoms with E-state index < -0.39 is 42.9 Å². The summed E-state index contributed by atoms with van der Waals surface area (Å²) in [5.74, 6) is 0.0657. The fourth-order valence-electron chi connectivity index (χ4n) is 4.18. The Bertz CT molecular complexity index is 1080. The number of hydrogen-bond acceptors (Lipinski definition) is 6. The molecule has 0 spiro atoms. The van der Waals surface area contributed by atoms with Crippen LogP contribution in [-0.2, 0) is 11.3 Å². The van der Waals surface area contributed by atoms with Crippen LogP contribution in [0, 0.1) is 5.82 Å². The molecular formula is C24H28FNO6. The van der Waals surface area contributed by atoms with Gasteiger partial charge in [0.25, 0.3) is 0 Å². The van der Waals surface area contributed by atoms with Crippen LogP contribution in [0.1, 0.15) is 31.1 Å². The number of aliphatic hydroxyl groups is 4. The molecule has 1 fully saturated rings. The topological polar surface area (TPSA) is 104 Å². The fraction of sp³-hybridized carbons (Fsp3) is 0.417. The molecule has 2 heterocycles. The fourth-order valence-corrected chi connectivity index (χ4v) is 4.18. The molecule has 0 radical (unpaired) electrons. The van der Waals surface area contributed by atoms with Gasteiger partial charge in [-0.05, 0) is 26.0 Å². The molecule has 4 rings (SSSR count). The SMILES string of the molecule is CC(C)Oc1ccc(Cn2cc([C@@H]3O[C@H](CO)[C@@H](O)[C@H](O)[C@H]3O)c3ccccc32)c(F)c1. The van der Waals surface area contributed by atoms with Gasteiger partial charge in [-0.2, -0.15) is 0 Å². The van der Waals surface area contributed by atoms with Crippen molar-refractivity contribution in [2.75, 3.05) is 6.61 Å². The maximum Gasteiger partial charge on any atom is 0.131 e. The molecule has 0 saturated carbocycles. The molecule has 8 heteroatoms. The van der Waals surface area contributed by atoms with Crippen molar-refractivity contribution in [3.8, 4) is 5.75 Å². The Morgan fingerprint density at radius 2 is 1.81 bits per heavy atom. The van der Waals surface area contributed by atoms with Gasteiger partial charge >= 0.3 is 0 Å². The second kappa shape index (κ2) is 9.17. The molecule has 172 valence electrons. The molecule has 4 N–H and O–H groups in total. The highest BCUT2D eigenvalue weighted by atomic mass is 19.1. The summed E-state index contributed by atoms with van der Waals surface area (Å²) in [6.45, 7) is 3.47. The van der Waals surface area contributed by atoms with Crippen molar-refractivity contribution in [2.24, 2.45) is 0 Å². The van der Waals surface area contributed by atoms with Crippen molar-refractivity contribution in [2.45, 2.75) is 57.0 Å². The highest BCUT2D eigenvalue weighted by Gasteiger charge is 2.44. The molecule has 0 unspecified atom stereocenters. The molecule has 1 saturated heterocycles. The van der Waals surface area contributed by atoms with Gasteiger partial charge in [-0.1, -0.05) is 24.3 Å². The smallest absolute Gasteiger partial charge is 0.131 e. The van der Waals surface area contributed by atoms with Crippen LogP contribution in [0.4, 0.5) is 4.39 Å². The summed E-state index contributed by atoms with van der Waals surface area (Å²) in [5.41, 5.74) is 1.83. The quantitative estimate of drug-likeness (QED) is 0.464. The predicted molar refractivity (Wildman–Crippen MR) is 116 cm³/mol. The van der Waals surface area contributed by atoms with Crippen LogP contribution in [0.15, 0.2) is 48.7 Å². The van der Waals surface area contributed by atoms with E-state index in [0.717, 1.165) is 10.9 Å². The number of aromatic nitrogens is 1. The number of halogens is 1. The molecule has 32 heavy (non-hydrogen) atoms. The number of ether oxygens (including phenoxy) is 2. The zero-order valence-corrected chi connectivity index (χ0v) is 17.9. The van der Waals surface area contributed by atoms with Gasteiger partial charge in [-0.3, -0.25) is 0 Å². The first-order valence-corrected chi connectivity index (χ1v) is 10.6. The van der Waals surface area contributed by atoms with Gasteiger partial charge in [0, 0.05) is 34.3 Å². The van der Waals surface area contributed by atoms with Crippen molar-refractivity contribution in [1.29, 1.82) is 0 Å². The zero-order chi connectivity index (χ0) is 23.0. The number of fused-ring (bicyclic) bond motifs is 1. The number of para-hydroxylation sites is 1. The van der Waals surface area contributed by atoms with Gasteiger partial charge in [0.1, 0.15) is 42.1 Å². The van der Waals surface area contributed by atoms with Crippen LogP contribution in [-0.4, -0.2) is 62.1 Å². The van der Waals surface area contributed by atoms with Crippen molar-refractivity contribution >= 4 is 10.9 Å². The first-order chi connectivity index (χ1) is 15.3. The van der Waals surface area contributed by atoms with E-state index in [1.165, 1.54) is 6.07 Å². The van der Waals surface area contributed by atoms with Crippen LogP contribution in [0.25, 0.3) is 10.9 Å². The molecule has 2 aromatic carbocycles. The standard InChI is InChI=1S/C24H28FNO6/c1-13(2)31-15-8-7-14(18(25)9-15)10-26-11-17(16-5-3-4-6-19(16)26)24-23(30)22(29)21(28)20(12-27)32-24/h3-9,11,13,20-24,27-30H,10,12H2,1-2H3/t20-,21-,22+,23-,24+/m1/s1. The summed E-state index contributed by atoms with van der Waals surface area (Å²) in [6.07, 6.45) is -4.59. The Labute approximate surface area is 185 Å². The molecule has 7 nitrogen and oxygen atoms in total. The van der Waals surface area contributed by atoms with Crippen molar-refractivity contribution < 1.29 is 34.3 Å². The number of benzene rings is 2. The zero-order valence-electron chi connectivity index (χ0n) is 17.9. The summed E-state index contributed by atoms with van der Waals surface area (Å²) in [6, 6.07) is 12.2. The summed E-state index contributed by atoms with van der Waals surface area (Å²) >= 11 is 0. The largest absolute Gasteiger partial charge is 0.491 e. The third-order valence-electron chi connectivity index (χ3n) is 5.76. The minimum atomic E-state index is -1.47. The lowest BCUT2D eigenvalue weighted by atomic mass is 9.91. The van der Waals surface area contributed by atoms with E-state index in [1.54, 1.807) is 18.3 Å². The third-order valence-corrected chi connectivity index (χ3v) is 5.76. The molecule has 1 aliphatic rings. The molecule has 0 aliphatic carbocycles. The molecule has 0 amide bonds. The minimum absolute atomic E-state index is 0.0604. The van der Waals surface area contributed by atoms with Crippen LogP contribution >= 0.6 is 0 Å². The van der Waals surface area contributed by atoms with Gasteiger partial charge < -0.3 is 34.5 Å². The number of aliphatic hydroxyl groups excluding tert-OH is 4. The van der Waals surface area contributed by atoms with Crippen molar-refractivity contribution in [1.82, 2.24) is 4.57 Å². The van der Waals surface area contributed by atoms with E-state index in [1.807, 2.05) is 42.7 Å². The lowest BCUT2D eigenvalue weighted by Crippen LogP contribution is -2.55. The van der Waals surface area contributed by atoms with E-state index in [0.29, 0.717) is 16.9 Å². The first kappa shape index (κ1) is 22.7. The summed E-state index contributed by atoms with van der Waals surface area (Å²) in [4.78, 5) is 0. The van der Waals surface area contributed by atoms with Crippen LogP contribution in [0.2, 0.25) is 0 Å². The van der Waals surface area contributed by atoms with Crippen molar-refractivity contribution in [3.63, 3.8) is 0 Å². The monoisotopic (exact) mass is 445 g/mol. The van der Waals surface area contributed by atoms with E-state index in [2.05, 4.69) is 0 Å². The second-order valence-electron chi connectivity index (χ2n) is 8.40. The Hall–Kier alpha value is -2.49. The van der Waals surface area contributed by atoms with E-state index in [4.69, 9.17) is 9.47 Å². The molecule has 1 aromatic heterocycles. The third kappa shape index (κ3) is 4.24. The van der Waals surface area contributed by atoms with E-state index in [9.17, 15) is 24.8 Å². The maximum atomic E-state index is 14.8. The highest BCUT2D eigenvalue weighted by Crippen LogP contribution is 2.37. The maximum absolute atomic E-state index is 14.8. The lowest BCUT2D eigenvalue weighted by Gasteiger charge is -2.40. The van der Waals surface area contributed by atoms with Gasteiger partial charge in [0.15, 0.2) is 0 Å². The summed E-state index contributed by atoms with van der Waals surface area (Å²) in [7, 11) is 0. The van der Waals surface area contributed by atoms with Gasteiger partial charge in [-0.25, -0.2) is 4.39 Å². The normalized spacial score (nSPS) is 26.1. The van der Waals surface area contributed by atoms with E-state index in [-0.39, 0.29) is 12.6 Å². The minimum Gasteiger partial charge on any atom is -0.491 e. The van der Waals surface area contributed by atoms with Gasteiger partial charge in [0.05, 0.1) is 19.3 Å². The van der Waals surface area contributed by atoms with Crippen molar-refractivity contribution in [3.05, 3.63) is 65.6 Å². The molecule has 0 bridgehead atoms. The Kier molecular flexibility index (Phi) is 6.50. The Morgan fingerprint density at radius 1 is 1.06 bits per heavy atom. The second-order valence-corrected chi connectivity index (χ2v) is 8.40. The van der Waals surface area contributed by atoms with Gasteiger partial charge in [-0.15, -0.1) is 0 Å². The lowest BCUT2D eigenvalue weighted by molar-refractivity contribution is -0.231. The van der Waals surface area contributed by atoms with Crippen LogP contribution in [0.5, 0.6) is 5.75 Å². The van der Waals surface area contributed by atoms with Crippen LogP contribution in [0.3, 0.4) is 0 Å². The number of rotatable bonds is 6. The van der Waals surface area contributed by atoms with Crippen LogP contribution < -0.4 is 4.74 Å². The Morgan fingerprint density at radius 3 is 2.50 bits per heavy atom. The predicted octanol–water partition coefficient (Wildman–Crippen LogP) is 2.13. The average molecular weight is 445 g/mol. The average Bonchev–Trinajstić information content (AvgIpc) is 3.12. The summed E-state index contributed by atoms with van der Waals surface area (Å²) < 4.78 is 27.9. The first-order valence-electron chi connectivity index (χ1n) is 10.6. The highest BCUT2D eigenvalue weighted by molar-refractivity contribution is 5.84. The van der Waals surface area contributed by atoms with Gasteiger partial charge in [0.2, 0.25) is 0 Å².